The predicted octanol–water partition coefficient (Wildman–Crippen LogP) is 1.77. The summed E-state index contributed by atoms with van der Waals surface area (Å²) in [5.41, 5.74) is 6.35. The topological polar surface area (TPSA) is 86.8 Å². The molecule has 90 valence electrons. The van der Waals surface area contributed by atoms with Crippen LogP contribution in [0.3, 0.4) is 0 Å². The van der Waals surface area contributed by atoms with Gasteiger partial charge in [-0.2, -0.15) is 9.36 Å². The van der Waals surface area contributed by atoms with E-state index in [0.29, 0.717) is 23.2 Å². The van der Waals surface area contributed by atoms with Crippen LogP contribution in [0.25, 0.3) is 0 Å². The maximum absolute atomic E-state index is 5.91. The van der Waals surface area contributed by atoms with Gasteiger partial charge < -0.3 is 10.5 Å². The summed E-state index contributed by atoms with van der Waals surface area (Å²) in [7, 11) is 0. The van der Waals surface area contributed by atoms with E-state index >= 15 is 0 Å². The van der Waals surface area contributed by atoms with Gasteiger partial charge in [0.1, 0.15) is 22.9 Å². The highest BCUT2D eigenvalue weighted by Crippen LogP contribution is 2.34. The van der Waals surface area contributed by atoms with Gasteiger partial charge in [0, 0.05) is 0 Å². The minimum Gasteiger partial charge on any atom is -0.476 e. The van der Waals surface area contributed by atoms with Crippen molar-refractivity contribution in [2.24, 2.45) is 0 Å². The Morgan fingerprint density at radius 2 is 2.29 bits per heavy atom. The molecule has 0 spiro atoms. The van der Waals surface area contributed by atoms with Gasteiger partial charge in [-0.25, -0.2) is 9.97 Å². The zero-order valence-electron chi connectivity index (χ0n) is 9.38. The molecule has 2 heterocycles. The van der Waals surface area contributed by atoms with Crippen LogP contribution in [0.15, 0.2) is 15.7 Å². The Kier molecular flexibility index (Phi) is 3.75. The Morgan fingerprint density at radius 3 is 2.94 bits per heavy atom. The minimum atomic E-state index is 0.409. The zero-order chi connectivity index (χ0) is 12.3. The first-order valence-electron chi connectivity index (χ1n) is 4.92. The quantitative estimate of drug-likeness (QED) is 0.846. The Morgan fingerprint density at radius 1 is 1.47 bits per heavy atom. The maximum atomic E-state index is 5.91. The summed E-state index contributed by atoms with van der Waals surface area (Å²) in [6, 6.07) is 0. The number of nitrogens with two attached hydrogens (primary N) is 1. The SMILES string of the molecule is CCOc1ncnc(Sc2nc(C)ns2)c1N. The van der Waals surface area contributed by atoms with Crippen LogP contribution >= 0.6 is 23.3 Å². The highest BCUT2D eigenvalue weighted by Gasteiger charge is 2.12. The highest BCUT2D eigenvalue weighted by molar-refractivity contribution is 8.01. The van der Waals surface area contributed by atoms with Gasteiger partial charge in [-0.1, -0.05) is 0 Å². The third-order valence-corrected chi connectivity index (χ3v) is 3.65. The van der Waals surface area contributed by atoms with E-state index in [4.69, 9.17) is 10.5 Å². The molecule has 0 saturated carbocycles. The van der Waals surface area contributed by atoms with E-state index in [-0.39, 0.29) is 0 Å². The van der Waals surface area contributed by atoms with E-state index in [0.717, 1.165) is 10.2 Å². The predicted molar refractivity (Wildman–Crippen MR) is 66.4 cm³/mol. The van der Waals surface area contributed by atoms with E-state index < -0.39 is 0 Å². The molecule has 0 unspecified atom stereocenters. The molecule has 0 saturated heterocycles. The molecule has 2 aromatic heterocycles. The molecule has 0 radical (unpaired) electrons. The van der Waals surface area contributed by atoms with Gasteiger partial charge in [-0.15, -0.1) is 0 Å². The second-order valence-corrected chi connectivity index (χ2v) is 5.03. The maximum Gasteiger partial charge on any atom is 0.241 e. The lowest BCUT2D eigenvalue weighted by molar-refractivity contribution is 0.327. The van der Waals surface area contributed by atoms with Gasteiger partial charge in [0.05, 0.1) is 6.61 Å². The average Bonchev–Trinajstić information content (AvgIpc) is 2.70. The number of hydrogen-bond acceptors (Lipinski definition) is 8. The van der Waals surface area contributed by atoms with Gasteiger partial charge in [0.25, 0.3) is 0 Å². The summed E-state index contributed by atoms with van der Waals surface area (Å²) in [6.45, 7) is 4.24. The zero-order valence-corrected chi connectivity index (χ0v) is 11.0. The second kappa shape index (κ2) is 5.28. The molecule has 2 rings (SSSR count). The first kappa shape index (κ1) is 12.1. The first-order valence-corrected chi connectivity index (χ1v) is 6.51. The van der Waals surface area contributed by atoms with Crippen LogP contribution in [-0.2, 0) is 0 Å². The molecule has 2 aromatic rings. The fourth-order valence-corrected chi connectivity index (χ4v) is 2.66. The molecule has 0 aromatic carbocycles. The van der Waals surface area contributed by atoms with Crippen molar-refractivity contribution in [2.75, 3.05) is 12.3 Å². The fraction of sp³-hybridized carbons (Fsp3) is 0.333. The smallest absolute Gasteiger partial charge is 0.241 e. The number of aromatic nitrogens is 4. The van der Waals surface area contributed by atoms with Crippen LogP contribution < -0.4 is 10.5 Å². The van der Waals surface area contributed by atoms with Crippen molar-refractivity contribution in [1.82, 2.24) is 19.3 Å². The van der Waals surface area contributed by atoms with Crippen LogP contribution in [0.1, 0.15) is 12.7 Å². The number of nitrogens with zero attached hydrogens (tertiary/aromatic N) is 4. The molecule has 0 aliphatic carbocycles. The molecule has 0 bridgehead atoms. The normalized spacial score (nSPS) is 10.5. The van der Waals surface area contributed by atoms with Crippen LogP contribution in [0.4, 0.5) is 5.69 Å². The number of rotatable bonds is 4. The van der Waals surface area contributed by atoms with Crippen molar-refractivity contribution in [2.45, 2.75) is 23.2 Å². The van der Waals surface area contributed by atoms with E-state index in [1.54, 1.807) is 0 Å². The summed E-state index contributed by atoms with van der Waals surface area (Å²) in [6.07, 6.45) is 1.43. The Hall–Kier alpha value is -1.41. The van der Waals surface area contributed by atoms with E-state index in [1.165, 1.54) is 29.6 Å². The molecular formula is C9H11N5OS2. The molecule has 0 aliphatic heterocycles. The highest BCUT2D eigenvalue weighted by atomic mass is 32.2. The lowest BCUT2D eigenvalue weighted by Gasteiger charge is -2.07. The van der Waals surface area contributed by atoms with Gasteiger partial charge in [0.15, 0.2) is 4.34 Å². The van der Waals surface area contributed by atoms with Gasteiger partial charge in [0.2, 0.25) is 5.88 Å². The first-order chi connectivity index (χ1) is 8.20. The van der Waals surface area contributed by atoms with Crippen molar-refractivity contribution < 1.29 is 4.74 Å². The van der Waals surface area contributed by atoms with Gasteiger partial charge in [-0.3, -0.25) is 0 Å². The molecule has 8 heteroatoms. The summed E-state index contributed by atoms with van der Waals surface area (Å²) in [4.78, 5) is 12.3. The number of nitrogen functional groups attached to an aromatic ring is 1. The van der Waals surface area contributed by atoms with Crippen molar-refractivity contribution in [3.8, 4) is 5.88 Å². The Bertz CT molecular complexity index is 516. The molecule has 6 nitrogen and oxygen atoms in total. The van der Waals surface area contributed by atoms with Crippen molar-refractivity contribution >= 4 is 29.0 Å². The van der Waals surface area contributed by atoms with E-state index in [2.05, 4.69) is 19.3 Å². The number of ether oxygens (including phenoxy) is 1. The van der Waals surface area contributed by atoms with E-state index in [9.17, 15) is 0 Å². The average molecular weight is 269 g/mol. The molecule has 0 atom stereocenters. The van der Waals surface area contributed by atoms with Gasteiger partial charge >= 0.3 is 0 Å². The van der Waals surface area contributed by atoms with Crippen LogP contribution in [0, 0.1) is 6.92 Å². The summed E-state index contributed by atoms with van der Waals surface area (Å²) < 4.78 is 10.2. The van der Waals surface area contributed by atoms with Crippen molar-refractivity contribution in [3.05, 3.63) is 12.2 Å². The van der Waals surface area contributed by atoms with Crippen molar-refractivity contribution in [3.63, 3.8) is 0 Å². The third-order valence-electron chi connectivity index (χ3n) is 1.78. The fourth-order valence-electron chi connectivity index (χ4n) is 1.10. The molecule has 17 heavy (non-hydrogen) atoms. The monoisotopic (exact) mass is 269 g/mol. The molecule has 0 fully saturated rings. The van der Waals surface area contributed by atoms with Gasteiger partial charge in [-0.05, 0) is 37.1 Å². The Labute approximate surface area is 107 Å². The number of anilines is 1. The number of hydrogen-bond donors (Lipinski definition) is 1. The van der Waals surface area contributed by atoms with Crippen LogP contribution in [-0.4, -0.2) is 25.9 Å². The molecule has 0 aliphatic rings. The standard InChI is InChI=1S/C9H11N5OS2/c1-3-15-7-6(10)8(12-4-11-7)16-9-13-5(2)14-17-9/h4H,3,10H2,1-2H3. The van der Waals surface area contributed by atoms with Crippen molar-refractivity contribution in [1.29, 1.82) is 0 Å². The van der Waals surface area contributed by atoms with Crippen LogP contribution in [0.5, 0.6) is 5.88 Å². The summed E-state index contributed by atoms with van der Waals surface area (Å²) >= 11 is 2.68. The molecule has 2 N–H and O–H groups in total. The summed E-state index contributed by atoms with van der Waals surface area (Å²) in [5, 5.41) is 0.639. The lowest BCUT2D eigenvalue weighted by atomic mass is 10.5. The minimum absolute atomic E-state index is 0.409. The Balaban J connectivity index is 2.23. The lowest BCUT2D eigenvalue weighted by Crippen LogP contribution is -2.02. The summed E-state index contributed by atoms with van der Waals surface area (Å²) in [5.74, 6) is 1.15. The largest absolute Gasteiger partial charge is 0.476 e. The second-order valence-electron chi connectivity index (χ2n) is 3.04. The number of aryl methyl sites for hydroxylation is 1. The van der Waals surface area contributed by atoms with Crippen LogP contribution in [0.2, 0.25) is 0 Å². The molecular weight excluding hydrogens is 258 g/mol. The van der Waals surface area contributed by atoms with E-state index in [1.807, 2.05) is 13.8 Å². The third kappa shape index (κ3) is 2.83. The molecule has 0 amide bonds.